The molecular formula is C12H24N2O. The van der Waals surface area contributed by atoms with Gasteiger partial charge in [0.2, 0.25) is 0 Å². The van der Waals surface area contributed by atoms with Crippen molar-refractivity contribution in [3.63, 3.8) is 0 Å². The van der Waals surface area contributed by atoms with Crippen LogP contribution in [0.5, 0.6) is 0 Å². The van der Waals surface area contributed by atoms with Crippen LogP contribution in [0.3, 0.4) is 0 Å². The van der Waals surface area contributed by atoms with Gasteiger partial charge in [-0.2, -0.15) is 0 Å². The van der Waals surface area contributed by atoms with Gasteiger partial charge in [0.25, 0.3) is 0 Å². The summed E-state index contributed by atoms with van der Waals surface area (Å²) < 4.78 is 5.10. The van der Waals surface area contributed by atoms with E-state index in [2.05, 4.69) is 17.3 Å². The number of nitrogens with zero attached hydrogens (tertiary/aromatic N) is 1. The van der Waals surface area contributed by atoms with Crippen LogP contribution in [0.25, 0.3) is 0 Å². The third kappa shape index (κ3) is 2.71. The molecule has 3 nitrogen and oxygen atoms in total. The maximum atomic E-state index is 5.10. The molecule has 2 fully saturated rings. The van der Waals surface area contributed by atoms with Crippen molar-refractivity contribution in [1.29, 1.82) is 0 Å². The van der Waals surface area contributed by atoms with Gasteiger partial charge in [0.15, 0.2) is 0 Å². The Labute approximate surface area is 93.2 Å². The Kier molecular flexibility index (Phi) is 4.00. The molecule has 3 atom stereocenters. The smallest absolute Gasteiger partial charge is 0.0589 e. The van der Waals surface area contributed by atoms with Crippen molar-refractivity contribution in [3.8, 4) is 0 Å². The number of rotatable bonds is 5. The molecule has 15 heavy (non-hydrogen) atoms. The molecule has 0 amide bonds. The molecule has 1 saturated heterocycles. The molecule has 0 radical (unpaired) electrons. The van der Waals surface area contributed by atoms with Crippen LogP contribution in [0, 0.1) is 11.8 Å². The fourth-order valence-electron chi connectivity index (χ4n) is 3.18. The van der Waals surface area contributed by atoms with Gasteiger partial charge in [0, 0.05) is 26.2 Å². The minimum absolute atomic E-state index is 0.736. The largest absolute Gasteiger partial charge is 0.383 e. The third-order valence-electron chi connectivity index (χ3n) is 4.06. The van der Waals surface area contributed by atoms with E-state index in [-0.39, 0.29) is 0 Å². The summed E-state index contributed by atoms with van der Waals surface area (Å²) >= 11 is 0. The summed E-state index contributed by atoms with van der Waals surface area (Å²) in [6, 6.07) is 0.736. The zero-order valence-electron chi connectivity index (χ0n) is 10.0. The summed E-state index contributed by atoms with van der Waals surface area (Å²) in [6.07, 6.45) is 4.35. The predicted molar refractivity (Wildman–Crippen MR) is 62.0 cm³/mol. The van der Waals surface area contributed by atoms with E-state index in [0.29, 0.717) is 0 Å². The van der Waals surface area contributed by atoms with Crippen molar-refractivity contribution in [2.75, 3.05) is 40.4 Å². The highest BCUT2D eigenvalue weighted by Crippen LogP contribution is 2.37. The first kappa shape index (κ1) is 11.4. The van der Waals surface area contributed by atoms with Crippen LogP contribution in [0.1, 0.15) is 19.3 Å². The van der Waals surface area contributed by atoms with Gasteiger partial charge in [0.1, 0.15) is 0 Å². The van der Waals surface area contributed by atoms with E-state index >= 15 is 0 Å². The van der Waals surface area contributed by atoms with E-state index in [9.17, 15) is 0 Å². The maximum absolute atomic E-state index is 5.10. The molecule has 0 bridgehead atoms. The minimum Gasteiger partial charge on any atom is -0.383 e. The normalized spacial score (nSPS) is 35.0. The number of hydrogen-bond donors (Lipinski definition) is 1. The number of hydrogen-bond acceptors (Lipinski definition) is 3. The first-order valence-corrected chi connectivity index (χ1v) is 6.22. The number of likely N-dealkylation sites (N-methyl/N-ethyl adjacent to an activating group) is 1. The first-order chi connectivity index (χ1) is 7.31. The molecular weight excluding hydrogens is 188 g/mol. The molecule has 3 heteroatoms. The van der Waals surface area contributed by atoms with Crippen LogP contribution in [0.2, 0.25) is 0 Å². The van der Waals surface area contributed by atoms with E-state index in [0.717, 1.165) is 31.0 Å². The van der Waals surface area contributed by atoms with Crippen LogP contribution in [-0.4, -0.2) is 51.3 Å². The molecule has 0 aromatic heterocycles. The lowest BCUT2D eigenvalue weighted by molar-refractivity contribution is 0.152. The minimum atomic E-state index is 0.736. The second-order valence-electron chi connectivity index (χ2n) is 5.12. The maximum Gasteiger partial charge on any atom is 0.0589 e. The van der Waals surface area contributed by atoms with Crippen LogP contribution in [0.15, 0.2) is 0 Å². The summed E-state index contributed by atoms with van der Waals surface area (Å²) in [5, 5.41) is 3.68. The van der Waals surface area contributed by atoms with Crippen molar-refractivity contribution in [2.45, 2.75) is 25.3 Å². The second-order valence-corrected chi connectivity index (χ2v) is 5.12. The molecule has 1 aliphatic carbocycles. The van der Waals surface area contributed by atoms with E-state index < -0.39 is 0 Å². The molecule has 0 spiro atoms. The van der Waals surface area contributed by atoms with Gasteiger partial charge < -0.3 is 15.0 Å². The van der Waals surface area contributed by atoms with Crippen molar-refractivity contribution in [2.24, 2.45) is 11.8 Å². The van der Waals surface area contributed by atoms with Crippen molar-refractivity contribution in [1.82, 2.24) is 10.2 Å². The van der Waals surface area contributed by atoms with Crippen LogP contribution < -0.4 is 5.32 Å². The summed E-state index contributed by atoms with van der Waals surface area (Å²) in [5.41, 5.74) is 0. The SMILES string of the molecule is COCCN(C)CC1NCC2CCCC21. The number of nitrogens with one attached hydrogen (secondary N) is 1. The molecule has 0 aromatic rings. The highest BCUT2D eigenvalue weighted by Gasteiger charge is 2.38. The second kappa shape index (κ2) is 5.28. The number of ether oxygens (including phenoxy) is 1. The lowest BCUT2D eigenvalue weighted by Gasteiger charge is -2.24. The molecule has 0 aromatic carbocycles. The Balaban J connectivity index is 1.74. The summed E-state index contributed by atoms with van der Waals surface area (Å²) in [6.45, 7) is 4.33. The van der Waals surface area contributed by atoms with Gasteiger partial charge >= 0.3 is 0 Å². The fraction of sp³-hybridized carbons (Fsp3) is 1.00. The van der Waals surface area contributed by atoms with Gasteiger partial charge in [-0.05, 0) is 38.3 Å². The van der Waals surface area contributed by atoms with Gasteiger partial charge in [-0.3, -0.25) is 0 Å². The Bertz CT molecular complexity index is 198. The van der Waals surface area contributed by atoms with E-state index in [1.807, 2.05) is 0 Å². The van der Waals surface area contributed by atoms with Gasteiger partial charge in [0.05, 0.1) is 6.61 Å². The molecule has 1 heterocycles. The molecule has 2 aliphatic rings. The van der Waals surface area contributed by atoms with Crippen LogP contribution >= 0.6 is 0 Å². The summed E-state index contributed by atoms with van der Waals surface area (Å²) in [4.78, 5) is 2.39. The molecule has 1 N–H and O–H groups in total. The predicted octanol–water partition coefficient (Wildman–Crippen LogP) is 0.953. The van der Waals surface area contributed by atoms with Gasteiger partial charge in [-0.15, -0.1) is 0 Å². The average molecular weight is 212 g/mol. The standard InChI is InChI=1S/C12H24N2O/c1-14(6-7-15-2)9-12-11-5-3-4-10(11)8-13-12/h10-13H,3-9H2,1-2H3. The lowest BCUT2D eigenvalue weighted by Crippen LogP contribution is -2.40. The van der Waals surface area contributed by atoms with Crippen LogP contribution in [0.4, 0.5) is 0 Å². The van der Waals surface area contributed by atoms with Gasteiger partial charge in [-0.25, -0.2) is 0 Å². The molecule has 2 rings (SSSR count). The van der Waals surface area contributed by atoms with E-state index in [4.69, 9.17) is 4.74 Å². The lowest BCUT2D eigenvalue weighted by atomic mass is 9.94. The molecule has 1 aliphatic heterocycles. The fourth-order valence-corrected chi connectivity index (χ4v) is 3.18. The van der Waals surface area contributed by atoms with Crippen LogP contribution in [-0.2, 0) is 4.74 Å². The molecule has 3 unspecified atom stereocenters. The monoisotopic (exact) mass is 212 g/mol. The highest BCUT2D eigenvalue weighted by molar-refractivity contribution is 4.95. The quantitative estimate of drug-likeness (QED) is 0.734. The van der Waals surface area contributed by atoms with Crippen molar-refractivity contribution >= 4 is 0 Å². The summed E-state index contributed by atoms with van der Waals surface area (Å²) in [7, 11) is 3.97. The summed E-state index contributed by atoms with van der Waals surface area (Å²) in [5.74, 6) is 1.93. The Morgan fingerprint density at radius 3 is 3.07 bits per heavy atom. The molecule has 88 valence electrons. The highest BCUT2D eigenvalue weighted by atomic mass is 16.5. The van der Waals surface area contributed by atoms with Crippen molar-refractivity contribution in [3.05, 3.63) is 0 Å². The Hall–Kier alpha value is -0.120. The number of fused-ring (bicyclic) bond motifs is 1. The molecule has 1 saturated carbocycles. The Morgan fingerprint density at radius 1 is 1.40 bits per heavy atom. The van der Waals surface area contributed by atoms with E-state index in [1.165, 1.54) is 32.4 Å². The zero-order valence-corrected chi connectivity index (χ0v) is 10.0. The topological polar surface area (TPSA) is 24.5 Å². The third-order valence-corrected chi connectivity index (χ3v) is 4.06. The zero-order chi connectivity index (χ0) is 10.7. The first-order valence-electron chi connectivity index (χ1n) is 6.22. The van der Waals surface area contributed by atoms with E-state index in [1.54, 1.807) is 7.11 Å². The Morgan fingerprint density at radius 2 is 2.27 bits per heavy atom. The number of methoxy groups -OCH3 is 1. The van der Waals surface area contributed by atoms with Gasteiger partial charge in [-0.1, -0.05) is 6.42 Å². The average Bonchev–Trinajstić information content (AvgIpc) is 2.80. The van der Waals surface area contributed by atoms with Crippen molar-refractivity contribution < 1.29 is 4.74 Å².